The van der Waals surface area contributed by atoms with E-state index in [4.69, 9.17) is 5.73 Å². The lowest BCUT2D eigenvalue weighted by Crippen LogP contribution is -2.17. The van der Waals surface area contributed by atoms with Crippen LogP contribution in [0, 0.1) is 0 Å². The van der Waals surface area contributed by atoms with Crippen LogP contribution in [0.4, 0.5) is 0 Å². The molecule has 2 N–H and O–H groups in total. The Morgan fingerprint density at radius 1 is 1.33 bits per heavy atom. The first-order valence-corrected chi connectivity index (χ1v) is 4.63. The van der Waals surface area contributed by atoms with Crippen molar-refractivity contribution in [2.24, 2.45) is 5.73 Å². The van der Waals surface area contributed by atoms with E-state index in [0.29, 0.717) is 6.54 Å². The van der Waals surface area contributed by atoms with Gasteiger partial charge in [-0.2, -0.15) is 0 Å². The van der Waals surface area contributed by atoms with Gasteiger partial charge in [0.25, 0.3) is 5.56 Å². The van der Waals surface area contributed by atoms with Crippen molar-refractivity contribution in [2.45, 2.75) is 6.54 Å². The Hall–Kier alpha value is -1.94. The third-order valence-corrected chi connectivity index (χ3v) is 2.13. The summed E-state index contributed by atoms with van der Waals surface area (Å²) in [6.45, 7) is 0.417. The Morgan fingerprint density at radius 2 is 2.20 bits per heavy atom. The maximum absolute atomic E-state index is 11.6. The van der Waals surface area contributed by atoms with E-state index in [2.05, 4.69) is 4.98 Å². The first kappa shape index (κ1) is 9.61. The molecular weight excluding hydrogens is 190 g/mol. The van der Waals surface area contributed by atoms with Crippen molar-refractivity contribution in [3.05, 3.63) is 58.8 Å². The average Bonchev–Trinajstić information content (AvgIpc) is 2.31. The summed E-state index contributed by atoms with van der Waals surface area (Å²) in [6.07, 6.45) is 5.04. The standard InChI is InChI=1S/C11H11N3O/c12-6-9-3-4-11(15)14(8-9)10-2-1-5-13-7-10/h1-5,7-8H,6,12H2. The molecule has 0 amide bonds. The van der Waals surface area contributed by atoms with Crippen LogP contribution in [0.1, 0.15) is 5.56 Å². The van der Waals surface area contributed by atoms with Crippen LogP contribution < -0.4 is 11.3 Å². The molecule has 4 nitrogen and oxygen atoms in total. The number of rotatable bonds is 2. The molecule has 0 radical (unpaired) electrons. The summed E-state index contributed by atoms with van der Waals surface area (Å²) < 4.78 is 1.54. The molecule has 2 rings (SSSR count). The van der Waals surface area contributed by atoms with E-state index in [1.807, 2.05) is 6.07 Å². The third kappa shape index (κ3) is 1.94. The second kappa shape index (κ2) is 4.06. The predicted octanol–water partition coefficient (Wildman–Crippen LogP) is 0.691. The van der Waals surface area contributed by atoms with Gasteiger partial charge in [0.05, 0.1) is 11.9 Å². The first-order chi connectivity index (χ1) is 7.31. The molecule has 0 spiro atoms. The Labute approximate surface area is 87.0 Å². The maximum atomic E-state index is 11.6. The first-order valence-electron chi connectivity index (χ1n) is 4.63. The highest BCUT2D eigenvalue weighted by molar-refractivity contribution is 5.29. The van der Waals surface area contributed by atoms with Crippen molar-refractivity contribution in [1.82, 2.24) is 9.55 Å². The zero-order chi connectivity index (χ0) is 10.7. The van der Waals surface area contributed by atoms with Crippen LogP contribution in [-0.2, 0) is 6.54 Å². The number of nitrogens with two attached hydrogens (primary N) is 1. The van der Waals surface area contributed by atoms with Gasteiger partial charge in [0.1, 0.15) is 0 Å². The van der Waals surface area contributed by atoms with Crippen molar-refractivity contribution in [3.8, 4) is 5.69 Å². The molecule has 15 heavy (non-hydrogen) atoms. The average molecular weight is 201 g/mol. The smallest absolute Gasteiger partial charge is 0.255 e. The van der Waals surface area contributed by atoms with Crippen LogP contribution in [-0.4, -0.2) is 9.55 Å². The molecule has 0 unspecified atom stereocenters. The zero-order valence-electron chi connectivity index (χ0n) is 8.13. The second-order valence-electron chi connectivity index (χ2n) is 3.16. The van der Waals surface area contributed by atoms with Gasteiger partial charge in [0.15, 0.2) is 0 Å². The topological polar surface area (TPSA) is 60.9 Å². The van der Waals surface area contributed by atoms with Crippen LogP contribution >= 0.6 is 0 Å². The number of hydrogen-bond donors (Lipinski definition) is 1. The Kier molecular flexibility index (Phi) is 2.60. The maximum Gasteiger partial charge on any atom is 0.255 e. The van der Waals surface area contributed by atoms with Gasteiger partial charge < -0.3 is 5.73 Å². The molecule has 2 heterocycles. The van der Waals surface area contributed by atoms with Crippen LogP contribution in [0.5, 0.6) is 0 Å². The molecule has 0 aliphatic carbocycles. The molecule has 2 aromatic rings. The van der Waals surface area contributed by atoms with Gasteiger partial charge in [0, 0.05) is 25.0 Å². The second-order valence-corrected chi connectivity index (χ2v) is 3.16. The number of hydrogen-bond acceptors (Lipinski definition) is 3. The lowest BCUT2D eigenvalue weighted by Gasteiger charge is -2.06. The summed E-state index contributed by atoms with van der Waals surface area (Å²) in [4.78, 5) is 15.5. The van der Waals surface area contributed by atoms with Crippen LogP contribution in [0.15, 0.2) is 47.7 Å². The Bertz CT molecular complexity index is 505. The van der Waals surface area contributed by atoms with Gasteiger partial charge in [-0.1, -0.05) is 6.07 Å². The van der Waals surface area contributed by atoms with Gasteiger partial charge in [-0.3, -0.25) is 14.3 Å². The third-order valence-electron chi connectivity index (χ3n) is 2.13. The van der Waals surface area contributed by atoms with Crippen molar-refractivity contribution in [2.75, 3.05) is 0 Å². The number of nitrogens with zero attached hydrogens (tertiary/aromatic N) is 2. The van der Waals surface area contributed by atoms with Crippen LogP contribution in [0.3, 0.4) is 0 Å². The molecule has 2 aromatic heterocycles. The fraction of sp³-hybridized carbons (Fsp3) is 0.0909. The van der Waals surface area contributed by atoms with E-state index in [1.54, 1.807) is 30.7 Å². The zero-order valence-corrected chi connectivity index (χ0v) is 8.13. The quantitative estimate of drug-likeness (QED) is 0.777. The SMILES string of the molecule is NCc1ccc(=O)n(-c2cccnc2)c1. The minimum atomic E-state index is -0.0831. The van der Waals surface area contributed by atoms with Gasteiger partial charge in [-0.25, -0.2) is 0 Å². The fourth-order valence-electron chi connectivity index (χ4n) is 1.35. The normalized spacial score (nSPS) is 10.2. The monoisotopic (exact) mass is 201 g/mol. The van der Waals surface area contributed by atoms with E-state index in [0.717, 1.165) is 11.3 Å². The van der Waals surface area contributed by atoms with Crippen molar-refractivity contribution < 1.29 is 0 Å². The highest BCUT2D eigenvalue weighted by Crippen LogP contribution is 2.03. The molecule has 0 fully saturated rings. The van der Waals surface area contributed by atoms with Gasteiger partial charge in [-0.05, 0) is 17.7 Å². The Morgan fingerprint density at radius 3 is 2.87 bits per heavy atom. The van der Waals surface area contributed by atoms with Gasteiger partial charge in [0.2, 0.25) is 0 Å². The fourth-order valence-corrected chi connectivity index (χ4v) is 1.35. The van der Waals surface area contributed by atoms with Crippen molar-refractivity contribution >= 4 is 0 Å². The summed E-state index contributed by atoms with van der Waals surface area (Å²) in [6, 6.07) is 6.86. The highest BCUT2D eigenvalue weighted by atomic mass is 16.1. The van der Waals surface area contributed by atoms with Crippen LogP contribution in [0.25, 0.3) is 5.69 Å². The highest BCUT2D eigenvalue weighted by Gasteiger charge is 1.99. The molecule has 0 saturated carbocycles. The molecule has 0 aliphatic rings. The molecule has 0 aromatic carbocycles. The van der Waals surface area contributed by atoms with Crippen molar-refractivity contribution in [1.29, 1.82) is 0 Å². The molecule has 0 bridgehead atoms. The molecule has 0 saturated heterocycles. The molecule has 76 valence electrons. The lowest BCUT2D eigenvalue weighted by molar-refractivity contribution is 0.934. The van der Waals surface area contributed by atoms with E-state index in [9.17, 15) is 4.79 Å². The minimum absolute atomic E-state index is 0.0831. The summed E-state index contributed by atoms with van der Waals surface area (Å²) in [5.41, 5.74) is 7.10. The summed E-state index contributed by atoms with van der Waals surface area (Å²) >= 11 is 0. The molecule has 0 atom stereocenters. The van der Waals surface area contributed by atoms with Gasteiger partial charge >= 0.3 is 0 Å². The van der Waals surface area contributed by atoms with E-state index in [-0.39, 0.29) is 5.56 Å². The minimum Gasteiger partial charge on any atom is -0.326 e. The lowest BCUT2D eigenvalue weighted by atomic mass is 10.3. The summed E-state index contributed by atoms with van der Waals surface area (Å²) in [7, 11) is 0. The molecule has 0 aliphatic heterocycles. The largest absolute Gasteiger partial charge is 0.326 e. The number of pyridine rings is 2. The van der Waals surface area contributed by atoms with Gasteiger partial charge in [-0.15, -0.1) is 0 Å². The van der Waals surface area contributed by atoms with E-state index >= 15 is 0 Å². The Balaban J connectivity index is 2.57. The molecule has 4 heteroatoms. The van der Waals surface area contributed by atoms with E-state index < -0.39 is 0 Å². The van der Waals surface area contributed by atoms with Crippen LogP contribution in [0.2, 0.25) is 0 Å². The summed E-state index contributed by atoms with van der Waals surface area (Å²) in [5.74, 6) is 0. The van der Waals surface area contributed by atoms with Crippen molar-refractivity contribution in [3.63, 3.8) is 0 Å². The molecular formula is C11H11N3O. The predicted molar refractivity (Wildman–Crippen MR) is 57.7 cm³/mol. The number of aromatic nitrogens is 2. The summed E-state index contributed by atoms with van der Waals surface area (Å²) in [5, 5.41) is 0. The van der Waals surface area contributed by atoms with E-state index in [1.165, 1.54) is 10.6 Å².